The lowest BCUT2D eigenvalue weighted by Crippen LogP contribution is -2.39. The van der Waals surface area contributed by atoms with E-state index in [1.54, 1.807) is 0 Å². The molecule has 3 rings (SSSR count). The minimum atomic E-state index is -1.59. The molecule has 0 aliphatic carbocycles. The summed E-state index contributed by atoms with van der Waals surface area (Å²) in [5.74, 6) is -6.05. The third-order valence-corrected chi connectivity index (χ3v) is 4.76. The molecule has 8 nitrogen and oxygen atoms in total. The summed E-state index contributed by atoms with van der Waals surface area (Å²) in [6.07, 6.45) is 0. The molecule has 1 atom stereocenters. The summed E-state index contributed by atoms with van der Waals surface area (Å²) in [6, 6.07) is 11.6. The van der Waals surface area contributed by atoms with Crippen LogP contribution in [0.2, 0.25) is 0 Å². The highest BCUT2D eigenvalue weighted by Gasteiger charge is 2.23. The van der Waals surface area contributed by atoms with E-state index in [1.165, 1.54) is 54.0 Å². The fourth-order valence-corrected chi connectivity index (χ4v) is 3.02. The van der Waals surface area contributed by atoms with Gasteiger partial charge in [0.05, 0.1) is 0 Å². The maximum absolute atomic E-state index is 13.5. The Morgan fingerprint density at radius 3 is 1.94 bits per heavy atom. The van der Waals surface area contributed by atoms with E-state index in [2.05, 4.69) is 10.5 Å². The number of amides is 2. The lowest BCUT2D eigenvalue weighted by molar-refractivity contribution is -0.131. The summed E-state index contributed by atoms with van der Waals surface area (Å²) < 4.78 is 40.2. The first-order valence-corrected chi connectivity index (χ1v) is 9.32. The molecule has 0 radical (unpaired) electrons. The number of hydrogen-bond donors (Lipinski definition) is 5. The van der Waals surface area contributed by atoms with E-state index < -0.39 is 35.3 Å². The van der Waals surface area contributed by atoms with Gasteiger partial charge in [0, 0.05) is 11.1 Å². The first kappa shape index (κ1) is 23.3. The number of carbonyl (C=O) groups excluding carboxylic acids is 2. The number of hydroxylamine groups is 1. The molecule has 11 heteroatoms. The second-order valence-corrected chi connectivity index (χ2v) is 6.82. The molecule has 3 aromatic carbocycles. The third-order valence-electron chi connectivity index (χ3n) is 4.76. The van der Waals surface area contributed by atoms with E-state index >= 15 is 0 Å². The van der Waals surface area contributed by atoms with Crippen LogP contribution in [0, 0.1) is 17.5 Å². The highest BCUT2D eigenvalue weighted by molar-refractivity contribution is 6.00. The molecule has 3 aromatic rings. The topological polar surface area (TPSA) is 137 Å². The van der Waals surface area contributed by atoms with Crippen LogP contribution in [0.3, 0.4) is 0 Å². The number of hydrogen-bond acceptors (Lipinski definition) is 5. The molecular weight excluding hydrogens is 441 g/mol. The lowest BCUT2D eigenvalue weighted by atomic mass is 9.99. The molecule has 0 aromatic heterocycles. The maximum Gasteiger partial charge on any atom is 0.270 e. The van der Waals surface area contributed by atoms with E-state index in [4.69, 9.17) is 16.1 Å². The molecule has 0 heterocycles. The van der Waals surface area contributed by atoms with Crippen LogP contribution in [-0.2, 0) is 4.79 Å². The first-order valence-electron chi connectivity index (χ1n) is 9.32. The summed E-state index contributed by atoms with van der Waals surface area (Å²) >= 11 is 0. The fourth-order valence-electron chi connectivity index (χ4n) is 3.02. The zero-order valence-corrected chi connectivity index (χ0v) is 16.7. The Bertz CT molecular complexity index is 1190. The van der Waals surface area contributed by atoms with Crippen LogP contribution in [0.4, 0.5) is 13.2 Å². The molecule has 0 saturated heterocycles. The number of nitrogens with two attached hydrogens (primary N) is 1. The van der Waals surface area contributed by atoms with E-state index in [9.17, 15) is 22.8 Å². The summed E-state index contributed by atoms with van der Waals surface area (Å²) in [6.45, 7) is 0. The van der Waals surface area contributed by atoms with Crippen LogP contribution >= 0.6 is 0 Å². The van der Waals surface area contributed by atoms with Crippen molar-refractivity contribution in [3.8, 4) is 11.1 Å². The smallest absolute Gasteiger partial charge is 0.270 e. The predicted octanol–water partition coefficient (Wildman–Crippen LogP) is 2.84. The molecule has 0 aliphatic rings. The van der Waals surface area contributed by atoms with Gasteiger partial charge in [-0.25, -0.2) is 18.7 Å². The van der Waals surface area contributed by atoms with Gasteiger partial charge in [-0.3, -0.25) is 14.8 Å². The van der Waals surface area contributed by atoms with Crippen molar-refractivity contribution in [2.45, 2.75) is 6.04 Å². The van der Waals surface area contributed by atoms with Crippen LogP contribution in [0.25, 0.3) is 11.1 Å². The summed E-state index contributed by atoms with van der Waals surface area (Å²) in [5.41, 5.74) is 8.08. The van der Waals surface area contributed by atoms with Crippen molar-refractivity contribution in [3.63, 3.8) is 0 Å². The van der Waals surface area contributed by atoms with Gasteiger partial charge in [-0.05, 0) is 41.0 Å². The van der Waals surface area contributed by atoms with E-state index in [-0.39, 0.29) is 22.5 Å². The fraction of sp³-hybridized carbons (Fsp3) is 0.0455. The van der Waals surface area contributed by atoms with Gasteiger partial charge in [0.1, 0.15) is 6.04 Å². The van der Waals surface area contributed by atoms with Crippen LogP contribution < -0.4 is 16.5 Å². The molecule has 1 unspecified atom stereocenters. The second kappa shape index (κ2) is 9.83. The molecule has 2 amide bonds. The van der Waals surface area contributed by atoms with E-state index in [1.807, 2.05) is 0 Å². The number of nitrogens with one attached hydrogen (secondary N) is 2. The SMILES string of the molecule is N/C(=N\O)c1ccc(C(=O)NC(C(=O)NO)c2ccc(-c3cc(F)c(F)c(F)c3)cc2)cc1. The molecular formula is C22H17F3N4O4. The Morgan fingerprint density at radius 1 is 0.879 bits per heavy atom. The van der Waals surface area contributed by atoms with E-state index in [0.29, 0.717) is 11.1 Å². The maximum atomic E-state index is 13.5. The van der Waals surface area contributed by atoms with Crippen molar-refractivity contribution >= 4 is 17.6 Å². The minimum absolute atomic E-state index is 0.0657. The number of halogens is 3. The summed E-state index contributed by atoms with van der Waals surface area (Å²) in [4.78, 5) is 24.8. The van der Waals surface area contributed by atoms with Gasteiger partial charge in [-0.15, -0.1) is 0 Å². The standard InChI is InChI=1S/C22H17F3N4O4/c23-16-9-15(10-17(24)18(16)25)11-1-3-12(4-2-11)19(22(31)29-33)27-21(30)14-7-5-13(6-8-14)20(26)28-32/h1-10,19,32-33H,(H2,26,28)(H,27,30)(H,29,31). The lowest BCUT2D eigenvalue weighted by Gasteiger charge is -2.18. The number of rotatable bonds is 6. The summed E-state index contributed by atoms with van der Waals surface area (Å²) in [7, 11) is 0. The third kappa shape index (κ3) is 5.10. The molecule has 0 saturated carbocycles. The zero-order valence-electron chi connectivity index (χ0n) is 16.7. The average molecular weight is 458 g/mol. The van der Waals surface area contributed by atoms with E-state index in [0.717, 1.165) is 12.1 Å². The van der Waals surface area contributed by atoms with Crippen molar-refractivity contribution in [1.29, 1.82) is 0 Å². The van der Waals surface area contributed by atoms with Crippen molar-refractivity contribution in [1.82, 2.24) is 10.8 Å². The van der Waals surface area contributed by atoms with Crippen LogP contribution in [-0.4, -0.2) is 28.1 Å². The van der Waals surface area contributed by atoms with Crippen molar-refractivity contribution in [2.75, 3.05) is 0 Å². The van der Waals surface area contributed by atoms with Gasteiger partial charge < -0.3 is 16.3 Å². The number of carbonyl (C=O) groups is 2. The quantitative estimate of drug-likeness (QED) is 0.0966. The number of amidine groups is 1. The van der Waals surface area contributed by atoms with Crippen molar-refractivity contribution < 1.29 is 33.2 Å². The second-order valence-electron chi connectivity index (χ2n) is 6.82. The zero-order chi connectivity index (χ0) is 24.1. The molecule has 170 valence electrons. The Balaban J connectivity index is 1.84. The van der Waals surface area contributed by atoms with Gasteiger partial charge in [-0.2, -0.15) is 0 Å². The number of nitrogens with zero attached hydrogens (tertiary/aromatic N) is 1. The normalized spacial score (nSPS) is 12.2. The molecule has 0 fully saturated rings. The molecule has 0 aliphatic heterocycles. The molecule has 6 N–H and O–H groups in total. The highest BCUT2D eigenvalue weighted by Crippen LogP contribution is 2.26. The van der Waals surface area contributed by atoms with Crippen molar-refractivity contribution in [3.05, 3.63) is 94.8 Å². The average Bonchev–Trinajstić information content (AvgIpc) is 2.84. The van der Waals surface area contributed by atoms with Gasteiger partial charge in [0.15, 0.2) is 23.3 Å². The van der Waals surface area contributed by atoms with Gasteiger partial charge in [0.2, 0.25) is 0 Å². The van der Waals surface area contributed by atoms with Crippen molar-refractivity contribution in [2.24, 2.45) is 10.9 Å². The van der Waals surface area contributed by atoms with Gasteiger partial charge >= 0.3 is 0 Å². The van der Waals surface area contributed by atoms with Crippen LogP contribution in [0.15, 0.2) is 65.8 Å². The van der Waals surface area contributed by atoms with Crippen LogP contribution in [0.1, 0.15) is 27.5 Å². The Hall–Kier alpha value is -4.38. The Labute approximate surface area is 185 Å². The number of oxime groups is 1. The van der Waals surface area contributed by atoms with Gasteiger partial charge in [0.25, 0.3) is 11.8 Å². The van der Waals surface area contributed by atoms with Gasteiger partial charge in [-0.1, -0.05) is 41.6 Å². The Kier molecular flexibility index (Phi) is 6.94. The number of benzene rings is 3. The monoisotopic (exact) mass is 458 g/mol. The molecule has 33 heavy (non-hydrogen) atoms. The first-order chi connectivity index (χ1) is 15.7. The minimum Gasteiger partial charge on any atom is -0.409 e. The highest BCUT2D eigenvalue weighted by atomic mass is 19.2. The summed E-state index contributed by atoms with van der Waals surface area (Å²) in [5, 5.41) is 23.1. The predicted molar refractivity (Wildman–Crippen MR) is 111 cm³/mol. The Morgan fingerprint density at radius 2 is 1.42 bits per heavy atom. The molecule has 0 spiro atoms. The largest absolute Gasteiger partial charge is 0.409 e. The van der Waals surface area contributed by atoms with Crippen LogP contribution in [0.5, 0.6) is 0 Å². The molecule has 0 bridgehead atoms.